The number of nitrogens with one attached hydrogen (secondary N) is 1. The number of carbonyl (C=O) groups excluding carboxylic acids is 1. The van der Waals surface area contributed by atoms with Crippen LogP contribution in [0.25, 0.3) is 20.8 Å². The molecule has 1 aromatic heterocycles. The topological polar surface area (TPSA) is 51.2 Å². The highest BCUT2D eigenvalue weighted by atomic mass is 32.1. The van der Waals surface area contributed by atoms with Crippen LogP contribution in [-0.2, 0) is 0 Å². The number of thiazole rings is 1. The van der Waals surface area contributed by atoms with Gasteiger partial charge in [-0.15, -0.1) is 11.3 Å². The Balaban J connectivity index is 1.37. The van der Waals surface area contributed by atoms with Crippen LogP contribution in [0.15, 0.2) is 72.8 Å². The van der Waals surface area contributed by atoms with Crippen LogP contribution < -0.4 is 10.1 Å². The van der Waals surface area contributed by atoms with Crippen molar-refractivity contribution in [1.82, 2.24) is 4.98 Å². The number of aromatic nitrogens is 1. The summed E-state index contributed by atoms with van der Waals surface area (Å²) >= 11 is 1.67. The van der Waals surface area contributed by atoms with E-state index in [1.54, 1.807) is 23.5 Å². The van der Waals surface area contributed by atoms with E-state index in [1.807, 2.05) is 54.6 Å². The Morgan fingerprint density at radius 3 is 2.47 bits per heavy atom. The highest BCUT2D eigenvalue weighted by Gasteiger charge is 2.09. The molecule has 0 saturated carbocycles. The zero-order valence-corrected chi connectivity index (χ0v) is 17.7. The molecule has 30 heavy (non-hydrogen) atoms. The van der Waals surface area contributed by atoms with Crippen molar-refractivity contribution >= 4 is 33.1 Å². The Kier molecular flexibility index (Phi) is 6.40. The second-order valence-electron chi connectivity index (χ2n) is 7.10. The average molecular weight is 417 g/mol. The second-order valence-corrected chi connectivity index (χ2v) is 8.13. The van der Waals surface area contributed by atoms with Gasteiger partial charge in [-0.2, -0.15) is 0 Å². The first-order chi connectivity index (χ1) is 14.7. The molecule has 1 N–H and O–H groups in total. The minimum atomic E-state index is -0.139. The fourth-order valence-electron chi connectivity index (χ4n) is 3.14. The Bertz CT molecular complexity index is 1090. The molecular weight excluding hydrogens is 392 g/mol. The van der Waals surface area contributed by atoms with Gasteiger partial charge in [0.05, 0.1) is 16.8 Å². The van der Waals surface area contributed by atoms with Crippen molar-refractivity contribution < 1.29 is 9.53 Å². The third-order valence-electron chi connectivity index (χ3n) is 4.82. The van der Waals surface area contributed by atoms with Gasteiger partial charge >= 0.3 is 0 Å². The fraction of sp³-hybridized carbons (Fsp3) is 0.200. The number of anilines is 1. The van der Waals surface area contributed by atoms with Crippen LogP contribution in [0.4, 0.5) is 5.69 Å². The van der Waals surface area contributed by atoms with E-state index in [-0.39, 0.29) is 5.91 Å². The number of benzene rings is 3. The maximum absolute atomic E-state index is 12.5. The lowest BCUT2D eigenvalue weighted by atomic mass is 10.2. The molecule has 0 aliphatic rings. The summed E-state index contributed by atoms with van der Waals surface area (Å²) < 4.78 is 6.87. The lowest BCUT2D eigenvalue weighted by molar-refractivity contribution is 0.102. The van der Waals surface area contributed by atoms with Crippen LogP contribution in [0.2, 0.25) is 0 Å². The molecule has 0 fully saturated rings. The van der Waals surface area contributed by atoms with Gasteiger partial charge < -0.3 is 10.1 Å². The molecule has 152 valence electrons. The van der Waals surface area contributed by atoms with E-state index in [0.29, 0.717) is 12.2 Å². The Morgan fingerprint density at radius 1 is 0.967 bits per heavy atom. The molecule has 0 aliphatic carbocycles. The normalized spacial score (nSPS) is 10.8. The van der Waals surface area contributed by atoms with E-state index in [9.17, 15) is 4.79 Å². The van der Waals surface area contributed by atoms with Crippen molar-refractivity contribution in [3.8, 4) is 16.3 Å². The molecule has 1 amide bonds. The van der Waals surface area contributed by atoms with Crippen molar-refractivity contribution in [1.29, 1.82) is 0 Å². The van der Waals surface area contributed by atoms with E-state index in [0.717, 1.165) is 40.4 Å². The summed E-state index contributed by atoms with van der Waals surface area (Å²) in [4.78, 5) is 17.2. The summed E-state index contributed by atoms with van der Waals surface area (Å²) in [6.07, 6.45) is 3.38. The number of carbonyl (C=O) groups is 1. The summed E-state index contributed by atoms with van der Waals surface area (Å²) in [6.45, 7) is 2.88. The monoisotopic (exact) mass is 416 g/mol. The molecule has 0 saturated heterocycles. The molecule has 0 aliphatic heterocycles. The number of rotatable bonds is 8. The van der Waals surface area contributed by atoms with Gasteiger partial charge in [-0.25, -0.2) is 4.98 Å². The highest BCUT2D eigenvalue weighted by molar-refractivity contribution is 7.21. The molecule has 0 spiro atoms. The predicted molar refractivity (Wildman–Crippen MR) is 124 cm³/mol. The number of amides is 1. The third-order valence-corrected chi connectivity index (χ3v) is 5.90. The van der Waals surface area contributed by atoms with Crippen molar-refractivity contribution in [2.75, 3.05) is 11.9 Å². The summed E-state index contributed by atoms with van der Waals surface area (Å²) in [5.41, 5.74) is 3.40. The predicted octanol–water partition coefficient (Wildman–Crippen LogP) is 6.78. The molecule has 4 nitrogen and oxygen atoms in total. The molecule has 1 heterocycles. The molecule has 5 heteroatoms. The third kappa shape index (κ3) is 4.86. The van der Waals surface area contributed by atoms with Gasteiger partial charge in [-0.05, 0) is 67.1 Å². The minimum Gasteiger partial charge on any atom is -0.494 e. The first kappa shape index (κ1) is 20.1. The van der Waals surface area contributed by atoms with Crippen LogP contribution in [-0.4, -0.2) is 17.5 Å². The quantitative estimate of drug-likeness (QED) is 0.322. The molecule has 0 atom stereocenters. The van der Waals surface area contributed by atoms with Gasteiger partial charge in [-0.3, -0.25) is 4.79 Å². The van der Waals surface area contributed by atoms with E-state index in [2.05, 4.69) is 23.3 Å². The SMILES string of the molecule is CCCCCOc1ccc(C(=O)Nc2ccc(-c3nc4ccccc4s3)cc2)cc1. The van der Waals surface area contributed by atoms with Crippen LogP contribution in [0.5, 0.6) is 5.75 Å². The number of ether oxygens (including phenoxy) is 1. The van der Waals surface area contributed by atoms with Gasteiger partial charge in [0.25, 0.3) is 5.91 Å². The van der Waals surface area contributed by atoms with Gasteiger partial charge in [0.1, 0.15) is 10.8 Å². The highest BCUT2D eigenvalue weighted by Crippen LogP contribution is 2.30. The molecule has 3 aromatic carbocycles. The van der Waals surface area contributed by atoms with Crippen LogP contribution >= 0.6 is 11.3 Å². The second kappa shape index (κ2) is 9.55. The number of para-hydroxylation sites is 1. The number of nitrogens with zero attached hydrogens (tertiary/aromatic N) is 1. The number of unbranched alkanes of at least 4 members (excludes halogenated alkanes) is 2. The molecule has 0 unspecified atom stereocenters. The van der Waals surface area contributed by atoms with Crippen LogP contribution in [0, 0.1) is 0 Å². The Hall–Kier alpha value is -3.18. The van der Waals surface area contributed by atoms with E-state index >= 15 is 0 Å². The Labute approximate surface area is 180 Å². The lowest BCUT2D eigenvalue weighted by Crippen LogP contribution is -2.11. The smallest absolute Gasteiger partial charge is 0.255 e. The van der Waals surface area contributed by atoms with Crippen molar-refractivity contribution in [2.24, 2.45) is 0 Å². The van der Waals surface area contributed by atoms with Crippen LogP contribution in [0.1, 0.15) is 36.5 Å². The number of hydrogen-bond acceptors (Lipinski definition) is 4. The van der Waals surface area contributed by atoms with E-state index < -0.39 is 0 Å². The van der Waals surface area contributed by atoms with Gasteiger partial charge in [0, 0.05) is 16.8 Å². The van der Waals surface area contributed by atoms with E-state index in [1.165, 1.54) is 11.1 Å². The summed E-state index contributed by atoms with van der Waals surface area (Å²) in [5.74, 6) is 0.656. The molecule has 4 aromatic rings. The van der Waals surface area contributed by atoms with Gasteiger partial charge in [-0.1, -0.05) is 31.9 Å². The number of hydrogen-bond donors (Lipinski definition) is 1. The van der Waals surface area contributed by atoms with Gasteiger partial charge in [0.2, 0.25) is 0 Å². The molecule has 0 radical (unpaired) electrons. The summed E-state index contributed by atoms with van der Waals surface area (Å²) in [5, 5.41) is 3.92. The van der Waals surface area contributed by atoms with E-state index in [4.69, 9.17) is 4.74 Å². The molecule has 0 bridgehead atoms. The largest absolute Gasteiger partial charge is 0.494 e. The maximum Gasteiger partial charge on any atom is 0.255 e. The molecule has 4 rings (SSSR count). The number of fused-ring (bicyclic) bond motifs is 1. The zero-order chi connectivity index (χ0) is 20.8. The first-order valence-corrected chi connectivity index (χ1v) is 11.0. The van der Waals surface area contributed by atoms with Crippen molar-refractivity contribution in [3.05, 3.63) is 78.4 Å². The molecular formula is C25H24N2O2S. The minimum absolute atomic E-state index is 0.139. The fourth-order valence-corrected chi connectivity index (χ4v) is 4.11. The maximum atomic E-state index is 12.5. The zero-order valence-electron chi connectivity index (χ0n) is 16.9. The average Bonchev–Trinajstić information content (AvgIpc) is 3.22. The van der Waals surface area contributed by atoms with Crippen LogP contribution in [0.3, 0.4) is 0 Å². The lowest BCUT2D eigenvalue weighted by Gasteiger charge is -2.08. The first-order valence-electron chi connectivity index (χ1n) is 10.2. The standard InChI is InChI=1S/C25H24N2O2S/c1-2-3-6-17-29-21-15-11-18(12-16-21)24(28)26-20-13-9-19(10-14-20)25-27-22-7-4-5-8-23(22)30-25/h4-5,7-16H,2-3,6,17H2,1H3,(H,26,28). The van der Waals surface area contributed by atoms with Gasteiger partial charge in [0.15, 0.2) is 0 Å². The Morgan fingerprint density at radius 2 is 1.73 bits per heavy atom. The summed E-state index contributed by atoms with van der Waals surface area (Å²) in [6, 6.07) is 23.2. The van der Waals surface area contributed by atoms with Crippen molar-refractivity contribution in [3.63, 3.8) is 0 Å². The van der Waals surface area contributed by atoms with Crippen molar-refractivity contribution in [2.45, 2.75) is 26.2 Å². The summed E-state index contributed by atoms with van der Waals surface area (Å²) in [7, 11) is 0.